The van der Waals surface area contributed by atoms with Crippen LogP contribution in [0.2, 0.25) is 0 Å². The minimum atomic E-state index is -3.47. The summed E-state index contributed by atoms with van der Waals surface area (Å²) in [5, 5.41) is 3.76. The first-order chi connectivity index (χ1) is 10.5. The van der Waals surface area contributed by atoms with Gasteiger partial charge in [-0.15, -0.1) is 0 Å². The molecule has 0 aliphatic carbocycles. The maximum atomic E-state index is 12.7. The average Bonchev–Trinajstić information content (AvgIpc) is 3.17. The first-order valence-electron chi connectivity index (χ1n) is 7.43. The summed E-state index contributed by atoms with van der Waals surface area (Å²) in [6, 6.07) is -0.461. The van der Waals surface area contributed by atoms with Crippen LogP contribution in [-0.4, -0.2) is 61.1 Å². The number of rotatable bonds is 5. The predicted molar refractivity (Wildman–Crippen MR) is 76.7 cm³/mol. The Morgan fingerprint density at radius 3 is 2.86 bits per heavy atom. The molecule has 0 radical (unpaired) electrons. The lowest BCUT2D eigenvalue weighted by atomic mass is 10.2. The second kappa shape index (κ2) is 6.23. The largest absolute Gasteiger partial charge is 0.380 e. The molecule has 0 unspecified atom stereocenters. The summed E-state index contributed by atoms with van der Waals surface area (Å²) < 4.78 is 42.9. The van der Waals surface area contributed by atoms with E-state index in [2.05, 4.69) is 10.1 Å². The van der Waals surface area contributed by atoms with Gasteiger partial charge in [0.25, 0.3) is 0 Å². The Labute approximate surface area is 129 Å². The highest BCUT2D eigenvalue weighted by Gasteiger charge is 2.44. The van der Waals surface area contributed by atoms with Crippen molar-refractivity contribution in [2.45, 2.75) is 44.4 Å². The number of aryl methyl sites for hydroxylation is 1. The van der Waals surface area contributed by atoms with E-state index in [9.17, 15) is 8.42 Å². The third-order valence-electron chi connectivity index (χ3n) is 4.16. The minimum absolute atomic E-state index is 0.00689. The van der Waals surface area contributed by atoms with Gasteiger partial charge in [-0.2, -0.15) is 9.29 Å². The van der Waals surface area contributed by atoms with Gasteiger partial charge in [-0.25, -0.2) is 8.42 Å². The number of ether oxygens (including phenoxy) is 2. The highest BCUT2D eigenvalue weighted by atomic mass is 32.2. The van der Waals surface area contributed by atoms with Crippen molar-refractivity contribution in [1.82, 2.24) is 14.4 Å². The zero-order chi connectivity index (χ0) is 15.7. The number of methoxy groups -OCH3 is 1. The Morgan fingerprint density at radius 1 is 1.45 bits per heavy atom. The van der Waals surface area contributed by atoms with E-state index in [1.807, 2.05) is 0 Å². The van der Waals surface area contributed by atoms with Gasteiger partial charge < -0.3 is 14.0 Å². The Kier molecular flexibility index (Phi) is 4.49. The molecule has 0 saturated carbocycles. The van der Waals surface area contributed by atoms with Crippen LogP contribution in [0.5, 0.6) is 0 Å². The quantitative estimate of drug-likeness (QED) is 0.781. The van der Waals surface area contributed by atoms with Gasteiger partial charge in [0.2, 0.25) is 15.9 Å². The molecule has 8 nitrogen and oxygen atoms in total. The van der Waals surface area contributed by atoms with Crippen LogP contribution in [-0.2, 0) is 19.5 Å². The van der Waals surface area contributed by atoms with Crippen LogP contribution < -0.4 is 0 Å². The molecule has 2 saturated heterocycles. The van der Waals surface area contributed by atoms with Crippen LogP contribution in [0.4, 0.5) is 0 Å². The van der Waals surface area contributed by atoms with Gasteiger partial charge >= 0.3 is 0 Å². The normalized spacial score (nSPS) is 30.2. The Balaban J connectivity index is 1.81. The number of hydrogen-bond donors (Lipinski definition) is 0. The summed E-state index contributed by atoms with van der Waals surface area (Å²) in [5.41, 5.74) is 0. The standard InChI is InChI=1S/C13H21N3O5S/c1-9-14-13(21-15-9)12-6-11(19-2)7-16(12)22(17,18)8-10-4-3-5-20-10/h10-12H,3-8H2,1-2H3/t10-,11-,12+/m0/s1. The maximum Gasteiger partial charge on any atom is 0.245 e. The lowest BCUT2D eigenvalue weighted by Crippen LogP contribution is -2.37. The van der Waals surface area contributed by atoms with Crippen LogP contribution in [0, 0.1) is 6.92 Å². The molecule has 1 aromatic heterocycles. The minimum Gasteiger partial charge on any atom is -0.380 e. The zero-order valence-electron chi connectivity index (χ0n) is 12.8. The monoisotopic (exact) mass is 331 g/mol. The van der Waals surface area contributed by atoms with Crippen molar-refractivity contribution in [3.63, 3.8) is 0 Å². The van der Waals surface area contributed by atoms with Crippen LogP contribution in [0.15, 0.2) is 4.52 Å². The molecule has 2 aliphatic rings. The molecule has 2 aliphatic heterocycles. The number of aromatic nitrogens is 2. The van der Waals surface area contributed by atoms with Crippen molar-refractivity contribution in [3.8, 4) is 0 Å². The van der Waals surface area contributed by atoms with Crippen LogP contribution >= 0.6 is 0 Å². The second-order valence-electron chi connectivity index (χ2n) is 5.77. The van der Waals surface area contributed by atoms with Crippen molar-refractivity contribution in [2.24, 2.45) is 0 Å². The second-order valence-corrected chi connectivity index (χ2v) is 7.74. The predicted octanol–water partition coefficient (Wildman–Crippen LogP) is 0.649. The summed E-state index contributed by atoms with van der Waals surface area (Å²) in [6.07, 6.45) is 1.81. The molecule has 3 rings (SSSR count). The molecule has 0 bridgehead atoms. The van der Waals surface area contributed by atoms with Gasteiger partial charge in [-0.3, -0.25) is 0 Å². The number of hydrogen-bond acceptors (Lipinski definition) is 7. The Bertz CT molecular complexity index is 611. The van der Waals surface area contributed by atoms with Crippen LogP contribution in [0.3, 0.4) is 0 Å². The number of nitrogens with zero attached hydrogens (tertiary/aromatic N) is 3. The first-order valence-corrected chi connectivity index (χ1v) is 9.04. The van der Waals surface area contributed by atoms with Gasteiger partial charge in [0.15, 0.2) is 5.82 Å². The lowest BCUT2D eigenvalue weighted by Gasteiger charge is -2.22. The summed E-state index contributed by atoms with van der Waals surface area (Å²) in [4.78, 5) is 4.19. The first kappa shape index (κ1) is 15.9. The molecule has 0 spiro atoms. The van der Waals surface area contributed by atoms with Crippen LogP contribution in [0.25, 0.3) is 0 Å². The molecule has 0 aromatic carbocycles. The van der Waals surface area contributed by atoms with Gasteiger partial charge in [-0.1, -0.05) is 5.16 Å². The fraction of sp³-hybridized carbons (Fsp3) is 0.846. The van der Waals surface area contributed by atoms with Crippen molar-refractivity contribution in [3.05, 3.63) is 11.7 Å². The van der Waals surface area contributed by atoms with Crippen molar-refractivity contribution < 1.29 is 22.4 Å². The van der Waals surface area contributed by atoms with Crippen molar-refractivity contribution >= 4 is 10.0 Å². The lowest BCUT2D eigenvalue weighted by molar-refractivity contribution is 0.113. The molecule has 1 aromatic rings. The fourth-order valence-electron chi connectivity index (χ4n) is 3.03. The molecular weight excluding hydrogens is 310 g/mol. The fourth-order valence-corrected chi connectivity index (χ4v) is 4.91. The maximum absolute atomic E-state index is 12.7. The summed E-state index contributed by atoms with van der Waals surface area (Å²) in [5.74, 6) is 0.813. The topological polar surface area (TPSA) is 94.8 Å². The summed E-state index contributed by atoms with van der Waals surface area (Å²) in [6.45, 7) is 2.64. The molecule has 9 heteroatoms. The van der Waals surface area contributed by atoms with Gasteiger partial charge in [0.05, 0.1) is 18.0 Å². The van der Waals surface area contributed by atoms with Gasteiger partial charge in [0.1, 0.15) is 6.04 Å². The summed E-state index contributed by atoms with van der Waals surface area (Å²) >= 11 is 0. The van der Waals surface area contributed by atoms with E-state index in [1.165, 1.54) is 4.31 Å². The van der Waals surface area contributed by atoms with E-state index in [1.54, 1.807) is 14.0 Å². The Morgan fingerprint density at radius 2 is 2.27 bits per heavy atom. The highest BCUT2D eigenvalue weighted by molar-refractivity contribution is 7.89. The summed E-state index contributed by atoms with van der Waals surface area (Å²) in [7, 11) is -1.89. The molecule has 3 atom stereocenters. The van der Waals surface area contributed by atoms with E-state index in [0.717, 1.165) is 12.8 Å². The third kappa shape index (κ3) is 3.17. The van der Waals surface area contributed by atoms with E-state index < -0.39 is 16.1 Å². The zero-order valence-corrected chi connectivity index (χ0v) is 13.6. The average molecular weight is 331 g/mol. The van der Waals surface area contributed by atoms with E-state index >= 15 is 0 Å². The molecule has 0 amide bonds. The molecule has 0 N–H and O–H groups in total. The molecule has 2 fully saturated rings. The van der Waals surface area contributed by atoms with Crippen LogP contribution in [0.1, 0.15) is 37.0 Å². The van der Waals surface area contributed by atoms with Crippen molar-refractivity contribution in [2.75, 3.05) is 26.0 Å². The molecule has 22 heavy (non-hydrogen) atoms. The van der Waals surface area contributed by atoms with E-state index in [0.29, 0.717) is 31.3 Å². The van der Waals surface area contributed by atoms with Crippen molar-refractivity contribution in [1.29, 1.82) is 0 Å². The Hall–Kier alpha value is -1.03. The molecular formula is C13H21N3O5S. The number of sulfonamides is 1. The molecule has 3 heterocycles. The van der Waals surface area contributed by atoms with E-state index in [4.69, 9.17) is 14.0 Å². The molecule has 124 valence electrons. The van der Waals surface area contributed by atoms with Gasteiger partial charge in [-0.05, 0) is 19.8 Å². The third-order valence-corrected chi connectivity index (χ3v) is 6.07. The SMILES string of the molecule is CO[C@H]1C[C@H](c2nc(C)no2)N(S(=O)(=O)C[C@@H]2CCCO2)C1. The smallest absolute Gasteiger partial charge is 0.245 e. The van der Waals surface area contributed by atoms with Gasteiger partial charge in [0, 0.05) is 26.7 Å². The van der Waals surface area contributed by atoms with E-state index in [-0.39, 0.29) is 18.0 Å². The highest BCUT2D eigenvalue weighted by Crippen LogP contribution is 2.35.